The number of anilines is 1. The molecule has 23 heavy (non-hydrogen) atoms. The lowest BCUT2D eigenvalue weighted by atomic mass is 9.98. The highest BCUT2D eigenvalue weighted by Gasteiger charge is 2.31. The van der Waals surface area contributed by atoms with Crippen LogP contribution in [0.2, 0.25) is 0 Å². The van der Waals surface area contributed by atoms with Gasteiger partial charge in [0, 0.05) is 11.6 Å². The van der Waals surface area contributed by atoms with Crippen LogP contribution in [0, 0.1) is 5.82 Å². The van der Waals surface area contributed by atoms with Gasteiger partial charge in [-0.2, -0.15) is 0 Å². The molecule has 0 unspecified atom stereocenters. The highest BCUT2D eigenvalue weighted by atomic mass is 35.5. The molecule has 0 heterocycles. The number of rotatable bonds is 3. The fourth-order valence-electron chi connectivity index (χ4n) is 1.94. The molecule has 4 nitrogen and oxygen atoms in total. The number of hydrogen-bond donors (Lipinski definition) is 3. The van der Waals surface area contributed by atoms with Gasteiger partial charge in [0.1, 0.15) is 17.3 Å². The second-order valence-corrected chi connectivity index (χ2v) is 4.53. The van der Waals surface area contributed by atoms with Crippen molar-refractivity contribution in [2.24, 2.45) is 5.73 Å². The summed E-state index contributed by atoms with van der Waals surface area (Å²) in [5, 5.41) is 9.82. The SMILES string of the molecule is Cl.Nc1cc(F)cc([C@H](N)c2ccc(OC(F)(F)F)cc2)c1O. The molecule has 0 amide bonds. The minimum atomic E-state index is -4.79. The third-order valence-electron chi connectivity index (χ3n) is 2.94. The van der Waals surface area contributed by atoms with Crippen molar-refractivity contribution >= 4 is 18.1 Å². The van der Waals surface area contributed by atoms with E-state index in [9.17, 15) is 22.7 Å². The van der Waals surface area contributed by atoms with Crippen molar-refractivity contribution < 1.29 is 27.4 Å². The maximum Gasteiger partial charge on any atom is 0.573 e. The third-order valence-corrected chi connectivity index (χ3v) is 2.94. The van der Waals surface area contributed by atoms with Crippen LogP contribution in [0.1, 0.15) is 17.2 Å². The van der Waals surface area contributed by atoms with Gasteiger partial charge in [-0.25, -0.2) is 4.39 Å². The third kappa shape index (κ3) is 4.64. The van der Waals surface area contributed by atoms with Gasteiger partial charge in [0.15, 0.2) is 0 Å². The summed E-state index contributed by atoms with van der Waals surface area (Å²) in [4.78, 5) is 0. The van der Waals surface area contributed by atoms with Crippen molar-refractivity contribution in [1.82, 2.24) is 0 Å². The number of phenolic OH excluding ortho intramolecular Hbond substituents is 1. The summed E-state index contributed by atoms with van der Waals surface area (Å²) in [6.45, 7) is 0. The largest absolute Gasteiger partial charge is 0.573 e. The number of phenols is 1. The number of aromatic hydroxyl groups is 1. The summed E-state index contributed by atoms with van der Waals surface area (Å²) >= 11 is 0. The summed E-state index contributed by atoms with van der Waals surface area (Å²) in [7, 11) is 0. The van der Waals surface area contributed by atoms with E-state index in [1.54, 1.807) is 0 Å². The number of nitrogen functional groups attached to an aromatic ring is 1. The first-order chi connectivity index (χ1) is 10.2. The van der Waals surface area contributed by atoms with Crippen LogP contribution in [-0.2, 0) is 0 Å². The Bertz CT molecular complexity index is 678. The molecule has 0 saturated carbocycles. The van der Waals surface area contributed by atoms with Crippen LogP contribution < -0.4 is 16.2 Å². The molecular formula is C14H13ClF4N2O2. The van der Waals surface area contributed by atoms with Gasteiger partial charge in [-0.15, -0.1) is 25.6 Å². The minimum absolute atomic E-state index is 0. The molecule has 0 radical (unpaired) electrons. The van der Waals surface area contributed by atoms with Crippen LogP contribution in [0.4, 0.5) is 23.2 Å². The Morgan fingerprint density at radius 1 is 1.09 bits per heavy atom. The zero-order chi connectivity index (χ0) is 16.5. The van der Waals surface area contributed by atoms with Crippen molar-refractivity contribution in [3.05, 3.63) is 53.3 Å². The molecule has 2 rings (SSSR count). The average Bonchev–Trinajstić information content (AvgIpc) is 2.41. The lowest BCUT2D eigenvalue weighted by Gasteiger charge is -2.16. The first kappa shape index (κ1) is 18.9. The lowest BCUT2D eigenvalue weighted by Crippen LogP contribution is -2.17. The Hall–Kier alpha value is -2.19. The summed E-state index contributed by atoms with van der Waals surface area (Å²) in [6.07, 6.45) is -4.79. The van der Waals surface area contributed by atoms with Crippen molar-refractivity contribution in [2.45, 2.75) is 12.4 Å². The number of hydrogen-bond acceptors (Lipinski definition) is 4. The Morgan fingerprint density at radius 2 is 1.65 bits per heavy atom. The average molecular weight is 353 g/mol. The highest BCUT2D eigenvalue weighted by Crippen LogP contribution is 2.34. The van der Waals surface area contributed by atoms with Crippen LogP contribution in [0.3, 0.4) is 0 Å². The molecule has 1 atom stereocenters. The minimum Gasteiger partial charge on any atom is -0.505 e. The maximum atomic E-state index is 13.3. The van der Waals surface area contributed by atoms with Crippen molar-refractivity contribution in [3.8, 4) is 11.5 Å². The summed E-state index contributed by atoms with van der Waals surface area (Å²) in [5.41, 5.74) is 11.5. The molecule has 0 aliphatic heterocycles. The predicted octanol–water partition coefficient (Wildman–Crippen LogP) is 3.48. The van der Waals surface area contributed by atoms with Gasteiger partial charge in [-0.3, -0.25) is 0 Å². The molecule has 5 N–H and O–H groups in total. The van der Waals surface area contributed by atoms with Gasteiger partial charge in [0.05, 0.1) is 11.7 Å². The van der Waals surface area contributed by atoms with E-state index in [-0.39, 0.29) is 29.4 Å². The van der Waals surface area contributed by atoms with Gasteiger partial charge in [0.2, 0.25) is 0 Å². The second-order valence-electron chi connectivity index (χ2n) is 4.53. The van der Waals surface area contributed by atoms with Gasteiger partial charge in [-0.1, -0.05) is 12.1 Å². The molecule has 126 valence electrons. The molecule has 2 aromatic carbocycles. The van der Waals surface area contributed by atoms with E-state index in [4.69, 9.17) is 11.5 Å². The molecule has 0 aromatic heterocycles. The quantitative estimate of drug-likeness (QED) is 0.449. The number of alkyl halides is 3. The molecule has 0 saturated heterocycles. The number of nitrogens with two attached hydrogens (primary N) is 2. The van der Waals surface area contributed by atoms with Crippen molar-refractivity contribution in [2.75, 3.05) is 5.73 Å². The van der Waals surface area contributed by atoms with E-state index in [2.05, 4.69) is 4.74 Å². The molecule has 0 bridgehead atoms. The topological polar surface area (TPSA) is 81.5 Å². The fraction of sp³-hybridized carbons (Fsp3) is 0.143. The zero-order valence-electron chi connectivity index (χ0n) is 11.5. The van der Waals surface area contributed by atoms with Gasteiger partial charge in [0.25, 0.3) is 0 Å². The summed E-state index contributed by atoms with van der Waals surface area (Å²) < 4.78 is 53.3. The molecule has 2 aromatic rings. The van der Waals surface area contributed by atoms with Crippen LogP contribution in [-0.4, -0.2) is 11.5 Å². The Morgan fingerprint density at radius 3 is 2.17 bits per heavy atom. The molecule has 9 heteroatoms. The predicted molar refractivity (Wildman–Crippen MR) is 78.9 cm³/mol. The van der Waals surface area contributed by atoms with Crippen molar-refractivity contribution in [1.29, 1.82) is 0 Å². The normalized spacial score (nSPS) is 12.4. The first-order valence-electron chi connectivity index (χ1n) is 6.06. The van der Waals surface area contributed by atoms with Crippen molar-refractivity contribution in [3.63, 3.8) is 0 Å². The van der Waals surface area contributed by atoms with Gasteiger partial charge >= 0.3 is 6.36 Å². The maximum absolute atomic E-state index is 13.3. The first-order valence-corrected chi connectivity index (χ1v) is 6.06. The van der Waals surface area contributed by atoms with Crippen LogP contribution in [0.25, 0.3) is 0 Å². The van der Waals surface area contributed by atoms with Gasteiger partial charge < -0.3 is 21.3 Å². The molecule has 0 aliphatic carbocycles. The summed E-state index contributed by atoms with van der Waals surface area (Å²) in [6, 6.07) is 5.70. The Labute approximate surface area is 135 Å². The van der Waals surface area contributed by atoms with Gasteiger partial charge in [-0.05, 0) is 23.8 Å². The standard InChI is InChI=1S/C14H12F4N2O2.ClH/c15-8-5-10(13(21)11(19)6-8)12(20)7-1-3-9(4-2-7)22-14(16,17)18;/h1-6,12,21H,19-20H2;1H/t12-;/m1./s1. The molecule has 0 aliphatic rings. The number of ether oxygens (including phenoxy) is 1. The molecule has 0 fully saturated rings. The van der Waals surface area contributed by atoms with E-state index in [0.29, 0.717) is 5.56 Å². The van der Waals surface area contributed by atoms with E-state index in [0.717, 1.165) is 24.3 Å². The van der Waals surface area contributed by atoms with Crippen LogP contribution >= 0.6 is 12.4 Å². The van der Waals surface area contributed by atoms with E-state index in [1.807, 2.05) is 0 Å². The second kappa shape index (κ2) is 6.93. The fourth-order valence-corrected chi connectivity index (χ4v) is 1.94. The summed E-state index contributed by atoms with van der Waals surface area (Å²) in [5.74, 6) is -1.46. The van der Waals surface area contributed by atoms with Crippen LogP contribution in [0.15, 0.2) is 36.4 Å². The smallest absolute Gasteiger partial charge is 0.505 e. The lowest BCUT2D eigenvalue weighted by molar-refractivity contribution is -0.274. The highest BCUT2D eigenvalue weighted by molar-refractivity contribution is 5.85. The van der Waals surface area contributed by atoms with E-state index >= 15 is 0 Å². The zero-order valence-corrected chi connectivity index (χ0v) is 12.3. The number of benzene rings is 2. The molecule has 0 spiro atoms. The monoisotopic (exact) mass is 352 g/mol. The van der Waals surface area contributed by atoms with E-state index < -0.39 is 24.0 Å². The van der Waals surface area contributed by atoms with E-state index in [1.165, 1.54) is 12.1 Å². The van der Waals surface area contributed by atoms with Crippen LogP contribution in [0.5, 0.6) is 11.5 Å². The number of halogens is 5. The Balaban J connectivity index is 0.00000264. The Kier molecular flexibility index (Phi) is 5.68. The molecular weight excluding hydrogens is 340 g/mol.